The standard InChI is InChI=1S/C22H19ClFN5O5S/c23-18-4-3-17(35-18)22(34)26-12-7-16(28(10-12)11-20(31)32)21(33)27-15-2-1-13(8-14(15)24)29-6-5-25-9-19(29)30/h1-6,8-9,12,16H,7,10-11H2,(H,26,34)(H,27,33)(H,31,32)/p-1/t12-,16-/m0/s1. The minimum atomic E-state index is -1.39. The largest absolute Gasteiger partial charge is 0.549 e. The van der Waals surface area contributed by atoms with Crippen LogP contribution in [0.1, 0.15) is 16.1 Å². The molecule has 2 N–H and O–H groups in total. The Bertz CT molecular complexity index is 1350. The average molecular weight is 519 g/mol. The van der Waals surface area contributed by atoms with Crippen LogP contribution in [0.25, 0.3) is 5.69 Å². The lowest BCUT2D eigenvalue weighted by Crippen LogP contribution is -2.46. The van der Waals surface area contributed by atoms with E-state index in [1.807, 2.05) is 0 Å². The molecule has 1 saturated heterocycles. The third-order valence-electron chi connectivity index (χ3n) is 5.38. The van der Waals surface area contributed by atoms with Crippen LogP contribution in [0.5, 0.6) is 0 Å². The Hall–Kier alpha value is -3.61. The summed E-state index contributed by atoms with van der Waals surface area (Å²) in [6, 6.07) is 5.50. The molecule has 0 spiro atoms. The van der Waals surface area contributed by atoms with Crippen molar-refractivity contribution < 1.29 is 23.9 Å². The summed E-state index contributed by atoms with van der Waals surface area (Å²) in [4.78, 5) is 53.9. The van der Waals surface area contributed by atoms with Crippen molar-refractivity contribution in [2.24, 2.45) is 0 Å². The number of carboxylic acids is 1. The van der Waals surface area contributed by atoms with E-state index in [0.29, 0.717) is 9.21 Å². The van der Waals surface area contributed by atoms with E-state index >= 15 is 0 Å². The highest BCUT2D eigenvalue weighted by molar-refractivity contribution is 7.18. The minimum absolute atomic E-state index is 0.0866. The summed E-state index contributed by atoms with van der Waals surface area (Å²) in [7, 11) is 0. The van der Waals surface area contributed by atoms with E-state index in [2.05, 4.69) is 15.6 Å². The number of nitrogens with zero attached hydrogens (tertiary/aromatic N) is 3. The molecule has 10 nitrogen and oxygen atoms in total. The van der Waals surface area contributed by atoms with Gasteiger partial charge in [-0.15, -0.1) is 11.3 Å². The van der Waals surface area contributed by atoms with Crippen LogP contribution in [0.3, 0.4) is 0 Å². The average Bonchev–Trinajstić information content (AvgIpc) is 3.41. The number of carbonyl (C=O) groups excluding carboxylic acids is 3. The van der Waals surface area contributed by atoms with Gasteiger partial charge in [0.25, 0.3) is 11.5 Å². The van der Waals surface area contributed by atoms with E-state index in [-0.39, 0.29) is 24.3 Å². The van der Waals surface area contributed by atoms with Crippen molar-refractivity contribution in [3.63, 3.8) is 0 Å². The molecule has 0 bridgehead atoms. The highest BCUT2D eigenvalue weighted by Gasteiger charge is 2.38. The second kappa shape index (κ2) is 10.3. The summed E-state index contributed by atoms with van der Waals surface area (Å²) >= 11 is 6.95. The van der Waals surface area contributed by atoms with Crippen molar-refractivity contribution in [1.82, 2.24) is 19.8 Å². The SMILES string of the molecule is O=C([O-])CN1C[C@@H](NC(=O)c2ccc(Cl)s2)C[C@H]1C(=O)Nc1ccc(-n2ccncc2=O)cc1F. The molecule has 13 heteroatoms. The lowest BCUT2D eigenvalue weighted by Gasteiger charge is -2.23. The summed E-state index contributed by atoms with van der Waals surface area (Å²) in [6.07, 6.45) is 3.95. The van der Waals surface area contributed by atoms with Crippen molar-refractivity contribution in [1.29, 1.82) is 0 Å². The fraction of sp³-hybridized carbons (Fsp3) is 0.227. The molecule has 0 unspecified atom stereocenters. The molecule has 0 aliphatic carbocycles. The van der Waals surface area contributed by atoms with E-state index in [1.165, 1.54) is 34.0 Å². The fourth-order valence-corrected chi connectivity index (χ4v) is 4.79. The first-order valence-electron chi connectivity index (χ1n) is 10.3. The smallest absolute Gasteiger partial charge is 0.273 e. The first-order valence-corrected chi connectivity index (χ1v) is 11.5. The topological polar surface area (TPSA) is 136 Å². The molecule has 182 valence electrons. The first-order chi connectivity index (χ1) is 16.7. The van der Waals surface area contributed by atoms with Gasteiger partial charge < -0.3 is 20.5 Å². The van der Waals surface area contributed by atoms with E-state index in [9.17, 15) is 28.7 Å². The van der Waals surface area contributed by atoms with Crippen LogP contribution in [0, 0.1) is 5.82 Å². The highest BCUT2D eigenvalue weighted by atomic mass is 35.5. The van der Waals surface area contributed by atoms with Crippen molar-refractivity contribution >= 4 is 46.4 Å². The van der Waals surface area contributed by atoms with Gasteiger partial charge in [0.1, 0.15) is 5.82 Å². The summed E-state index contributed by atoms with van der Waals surface area (Å²) in [5, 5.41) is 16.4. The minimum Gasteiger partial charge on any atom is -0.549 e. The third-order valence-corrected chi connectivity index (χ3v) is 6.61. The van der Waals surface area contributed by atoms with Gasteiger partial charge in [0.15, 0.2) is 0 Å². The Balaban J connectivity index is 1.47. The van der Waals surface area contributed by atoms with Gasteiger partial charge in [0, 0.05) is 37.6 Å². The number of halogens is 2. The number of likely N-dealkylation sites (tertiary alicyclic amines) is 1. The Morgan fingerprint density at radius 1 is 1.26 bits per heavy atom. The predicted molar refractivity (Wildman–Crippen MR) is 124 cm³/mol. The number of nitrogens with one attached hydrogen (secondary N) is 2. The van der Waals surface area contributed by atoms with Gasteiger partial charge >= 0.3 is 0 Å². The molecular formula is C22H18ClFN5O5S-. The van der Waals surface area contributed by atoms with Crippen LogP contribution in [0.15, 0.2) is 53.7 Å². The Kier molecular flexibility index (Phi) is 7.24. The van der Waals surface area contributed by atoms with Crippen molar-refractivity contribution in [3.8, 4) is 5.69 Å². The molecular weight excluding hydrogens is 501 g/mol. The quantitative estimate of drug-likeness (QED) is 0.468. The molecule has 2 atom stereocenters. The number of thiophene rings is 1. The van der Waals surface area contributed by atoms with Gasteiger partial charge in [-0.2, -0.15) is 0 Å². The van der Waals surface area contributed by atoms with Crippen molar-refractivity contribution in [2.75, 3.05) is 18.4 Å². The molecule has 1 aliphatic rings. The fourth-order valence-electron chi connectivity index (χ4n) is 3.85. The third kappa shape index (κ3) is 5.73. The van der Waals surface area contributed by atoms with Crippen molar-refractivity contribution in [2.45, 2.75) is 18.5 Å². The number of carbonyl (C=O) groups is 3. The lowest BCUT2D eigenvalue weighted by molar-refractivity contribution is -0.306. The Morgan fingerprint density at radius 2 is 2.06 bits per heavy atom. The maximum absolute atomic E-state index is 14.7. The maximum Gasteiger partial charge on any atom is 0.273 e. The van der Waals surface area contributed by atoms with Gasteiger partial charge in [-0.3, -0.25) is 28.8 Å². The van der Waals surface area contributed by atoms with Crippen LogP contribution < -0.4 is 21.3 Å². The van der Waals surface area contributed by atoms with Gasteiger partial charge in [-0.1, -0.05) is 11.6 Å². The second-order valence-corrected chi connectivity index (χ2v) is 9.48. The van der Waals surface area contributed by atoms with Crippen LogP contribution in [0.2, 0.25) is 4.34 Å². The lowest BCUT2D eigenvalue weighted by atomic mass is 10.1. The van der Waals surface area contributed by atoms with Crippen molar-refractivity contribution in [3.05, 3.63) is 74.3 Å². The first kappa shape index (κ1) is 24.5. The molecule has 3 heterocycles. The summed E-state index contributed by atoms with van der Waals surface area (Å²) in [5.41, 5.74) is -0.357. The number of anilines is 1. The van der Waals surface area contributed by atoms with Gasteiger partial charge in [0.05, 0.1) is 38.8 Å². The van der Waals surface area contributed by atoms with Crippen LogP contribution in [-0.4, -0.2) is 57.4 Å². The number of amides is 2. The zero-order valence-electron chi connectivity index (χ0n) is 17.9. The summed E-state index contributed by atoms with van der Waals surface area (Å²) in [5.74, 6) is -3.22. The number of benzene rings is 1. The zero-order chi connectivity index (χ0) is 25.1. The summed E-state index contributed by atoms with van der Waals surface area (Å²) < 4.78 is 16.4. The molecule has 2 amide bonds. The van der Waals surface area contributed by atoms with Crippen LogP contribution >= 0.6 is 22.9 Å². The molecule has 0 radical (unpaired) electrons. The molecule has 3 aromatic rings. The molecule has 0 saturated carbocycles. The molecule has 2 aromatic heterocycles. The van der Waals surface area contributed by atoms with Gasteiger partial charge in [0.2, 0.25) is 5.91 Å². The molecule has 1 aromatic carbocycles. The molecule has 1 fully saturated rings. The van der Waals surface area contributed by atoms with Gasteiger partial charge in [-0.05, 0) is 30.7 Å². The number of hydrogen-bond donors (Lipinski definition) is 2. The van der Waals surface area contributed by atoms with Crippen LogP contribution in [-0.2, 0) is 9.59 Å². The van der Waals surface area contributed by atoms with Crippen LogP contribution in [0.4, 0.5) is 10.1 Å². The highest BCUT2D eigenvalue weighted by Crippen LogP contribution is 2.24. The molecule has 1 aliphatic heterocycles. The summed E-state index contributed by atoms with van der Waals surface area (Å²) in [6.45, 7) is -0.453. The van der Waals surface area contributed by atoms with Gasteiger partial charge in [-0.25, -0.2) is 4.39 Å². The number of rotatable bonds is 7. The van der Waals surface area contributed by atoms with E-state index in [1.54, 1.807) is 12.1 Å². The number of hydrogen-bond acceptors (Lipinski definition) is 8. The predicted octanol–water partition coefficient (Wildman–Crippen LogP) is 0.648. The second-order valence-electron chi connectivity index (χ2n) is 7.77. The number of aromatic nitrogens is 2. The molecule has 35 heavy (non-hydrogen) atoms. The number of aliphatic carboxylic acids is 1. The monoisotopic (exact) mass is 518 g/mol. The maximum atomic E-state index is 14.7. The Morgan fingerprint density at radius 3 is 2.71 bits per heavy atom. The van der Waals surface area contributed by atoms with E-state index in [4.69, 9.17) is 11.6 Å². The Labute approximate surface area is 207 Å². The number of carboxylic acid groups (broad SMARTS) is 1. The zero-order valence-corrected chi connectivity index (χ0v) is 19.5. The van der Waals surface area contributed by atoms with E-state index < -0.39 is 47.8 Å². The van der Waals surface area contributed by atoms with E-state index in [0.717, 1.165) is 23.6 Å². The normalized spacial score (nSPS) is 17.8. The molecule has 4 rings (SSSR count).